The van der Waals surface area contributed by atoms with E-state index in [1.807, 2.05) is 32.0 Å². The number of nitrogens with zero attached hydrogens (tertiary/aromatic N) is 3. The highest BCUT2D eigenvalue weighted by Gasteiger charge is 2.16. The van der Waals surface area contributed by atoms with Gasteiger partial charge in [0.25, 0.3) is 0 Å². The zero-order valence-corrected chi connectivity index (χ0v) is 18.0. The molecule has 0 radical (unpaired) electrons. The van der Waals surface area contributed by atoms with Gasteiger partial charge in [0.15, 0.2) is 5.16 Å². The van der Waals surface area contributed by atoms with Crippen LogP contribution < -0.4 is 10.6 Å². The lowest BCUT2D eigenvalue weighted by molar-refractivity contribution is -0.116. The number of nitrogens with one attached hydrogen (secondary N) is 2. The molecule has 2 aromatic carbocycles. The summed E-state index contributed by atoms with van der Waals surface area (Å²) < 4.78 is 28.5. The van der Waals surface area contributed by atoms with Crippen molar-refractivity contribution in [3.8, 4) is 0 Å². The number of hydrogen-bond donors (Lipinski definition) is 2. The molecule has 0 unspecified atom stereocenters. The maximum absolute atomic E-state index is 13.6. The average Bonchev–Trinajstić information content (AvgIpc) is 3.05. The second-order valence-electron chi connectivity index (χ2n) is 6.96. The van der Waals surface area contributed by atoms with Gasteiger partial charge in [0.05, 0.1) is 17.9 Å². The van der Waals surface area contributed by atoms with Gasteiger partial charge in [0.2, 0.25) is 11.8 Å². The highest BCUT2D eigenvalue weighted by atomic mass is 32.2. The van der Waals surface area contributed by atoms with Crippen LogP contribution in [0.2, 0.25) is 0 Å². The Balaban J connectivity index is 1.56. The summed E-state index contributed by atoms with van der Waals surface area (Å²) in [6.07, 6.45) is 0.0120. The standard InChI is InChI=1S/C21H21F2N5O2S/c1-12-4-7-16(13(2)8-12)24-19(29)10-18-26-27-21(28(18)3)31-11-20(30)25-17-9-14(22)5-6-15(17)23/h4-9H,10-11H2,1-3H3,(H,24,29)(H,25,30). The average molecular weight is 445 g/mol. The monoisotopic (exact) mass is 445 g/mol. The SMILES string of the molecule is Cc1ccc(NC(=O)Cc2nnc(SCC(=O)Nc3cc(F)ccc3F)n2C)c(C)c1. The molecule has 3 aromatic rings. The molecular weight excluding hydrogens is 424 g/mol. The predicted octanol–water partition coefficient (Wildman–Crippen LogP) is 3.62. The minimum absolute atomic E-state index is 0.0120. The Bertz CT molecular complexity index is 1130. The minimum atomic E-state index is -0.726. The van der Waals surface area contributed by atoms with Gasteiger partial charge in [0, 0.05) is 18.8 Å². The van der Waals surface area contributed by atoms with E-state index in [-0.39, 0.29) is 23.8 Å². The third-order valence-corrected chi connectivity index (χ3v) is 5.45. The van der Waals surface area contributed by atoms with Crippen LogP contribution in [0.1, 0.15) is 17.0 Å². The molecule has 0 aliphatic rings. The summed E-state index contributed by atoms with van der Waals surface area (Å²) in [6, 6.07) is 8.56. The Labute approximate surface area is 182 Å². The van der Waals surface area contributed by atoms with E-state index in [0.29, 0.717) is 11.0 Å². The van der Waals surface area contributed by atoms with Gasteiger partial charge in [0.1, 0.15) is 17.5 Å². The maximum atomic E-state index is 13.6. The van der Waals surface area contributed by atoms with Crippen LogP contribution in [-0.4, -0.2) is 32.3 Å². The first-order chi connectivity index (χ1) is 14.7. The summed E-state index contributed by atoms with van der Waals surface area (Å²) >= 11 is 1.07. The molecule has 0 atom stereocenters. The molecule has 0 bridgehead atoms. The molecule has 0 spiro atoms. The van der Waals surface area contributed by atoms with Crippen LogP contribution >= 0.6 is 11.8 Å². The molecule has 3 rings (SSSR count). The molecule has 0 aliphatic heterocycles. The van der Waals surface area contributed by atoms with Gasteiger partial charge in [-0.15, -0.1) is 10.2 Å². The molecule has 10 heteroatoms. The molecule has 0 fully saturated rings. The van der Waals surface area contributed by atoms with Crippen LogP contribution in [0, 0.1) is 25.5 Å². The van der Waals surface area contributed by atoms with E-state index in [0.717, 1.165) is 46.8 Å². The van der Waals surface area contributed by atoms with Gasteiger partial charge >= 0.3 is 0 Å². The van der Waals surface area contributed by atoms with Gasteiger partial charge < -0.3 is 15.2 Å². The van der Waals surface area contributed by atoms with E-state index in [4.69, 9.17) is 0 Å². The minimum Gasteiger partial charge on any atom is -0.325 e. The van der Waals surface area contributed by atoms with E-state index in [1.54, 1.807) is 11.6 Å². The number of hydrogen-bond acceptors (Lipinski definition) is 5. The molecule has 162 valence electrons. The fourth-order valence-corrected chi connectivity index (χ4v) is 3.56. The third-order valence-electron chi connectivity index (χ3n) is 4.43. The number of benzene rings is 2. The number of aryl methyl sites for hydroxylation is 2. The van der Waals surface area contributed by atoms with Crippen molar-refractivity contribution in [1.29, 1.82) is 0 Å². The molecular formula is C21H21F2N5O2S. The van der Waals surface area contributed by atoms with Crippen LogP contribution in [0.4, 0.5) is 20.2 Å². The Morgan fingerprint density at radius 2 is 1.74 bits per heavy atom. The van der Waals surface area contributed by atoms with Gasteiger partial charge in [-0.2, -0.15) is 0 Å². The number of carbonyl (C=O) groups excluding carboxylic acids is 2. The molecule has 0 saturated carbocycles. The smallest absolute Gasteiger partial charge is 0.234 e. The van der Waals surface area contributed by atoms with Crippen LogP contribution in [0.3, 0.4) is 0 Å². The first-order valence-corrected chi connectivity index (χ1v) is 10.3. The fourth-order valence-electron chi connectivity index (χ4n) is 2.83. The summed E-state index contributed by atoms with van der Waals surface area (Å²) in [4.78, 5) is 24.4. The van der Waals surface area contributed by atoms with E-state index < -0.39 is 17.5 Å². The quantitative estimate of drug-likeness (QED) is 0.543. The Hall–Kier alpha value is -3.27. The first kappa shape index (κ1) is 22.4. The molecule has 2 N–H and O–H groups in total. The number of rotatable bonds is 7. The van der Waals surface area contributed by atoms with Gasteiger partial charge in [-0.25, -0.2) is 8.78 Å². The lowest BCUT2D eigenvalue weighted by Crippen LogP contribution is -2.18. The van der Waals surface area contributed by atoms with Gasteiger partial charge in [-0.05, 0) is 37.6 Å². The van der Waals surface area contributed by atoms with E-state index in [2.05, 4.69) is 20.8 Å². The Kier molecular flexibility index (Phi) is 7.01. The maximum Gasteiger partial charge on any atom is 0.234 e. The van der Waals surface area contributed by atoms with E-state index in [1.165, 1.54) is 0 Å². The molecule has 1 aromatic heterocycles. The Morgan fingerprint density at radius 1 is 1.00 bits per heavy atom. The van der Waals surface area contributed by atoms with Crippen molar-refractivity contribution in [1.82, 2.24) is 14.8 Å². The largest absolute Gasteiger partial charge is 0.325 e. The topological polar surface area (TPSA) is 88.9 Å². The molecule has 2 amide bonds. The van der Waals surface area contributed by atoms with Crippen molar-refractivity contribution < 1.29 is 18.4 Å². The van der Waals surface area contributed by atoms with Crippen molar-refractivity contribution in [2.24, 2.45) is 7.05 Å². The summed E-state index contributed by atoms with van der Waals surface area (Å²) in [5.41, 5.74) is 2.57. The normalized spacial score (nSPS) is 10.7. The molecule has 7 nitrogen and oxygen atoms in total. The highest BCUT2D eigenvalue weighted by Crippen LogP contribution is 2.20. The van der Waals surface area contributed by atoms with Crippen LogP contribution in [-0.2, 0) is 23.1 Å². The Morgan fingerprint density at radius 3 is 2.48 bits per heavy atom. The van der Waals surface area contributed by atoms with Crippen LogP contribution in [0.15, 0.2) is 41.6 Å². The molecule has 0 aliphatic carbocycles. The molecule has 0 saturated heterocycles. The van der Waals surface area contributed by atoms with E-state index >= 15 is 0 Å². The van der Waals surface area contributed by atoms with Crippen LogP contribution in [0.25, 0.3) is 0 Å². The van der Waals surface area contributed by atoms with Crippen molar-refractivity contribution in [3.05, 3.63) is 65.0 Å². The second kappa shape index (κ2) is 9.69. The van der Waals surface area contributed by atoms with Gasteiger partial charge in [-0.3, -0.25) is 9.59 Å². The number of aromatic nitrogens is 3. The number of amides is 2. The lowest BCUT2D eigenvalue weighted by atomic mass is 10.1. The second-order valence-corrected chi connectivity index (χ2v) is 7.90. The van der Waals surface area contributed by atoms with Crippen molar-refractivity contribution >= 4 is 35.0 Å². The molecule has 31 heavy (non-hydrogen) atoms. The third kappa shape index (κ3) is 5.88. The fraction of sp³-hybridized carbons (Fsp3) is 0.238. The number of anilines is 2. The van der Waals surface area contributed by atoms with Gasteiger partial charge in [-0.1, -0.05) is 29.5 Å². The lowest BCUT2D eigenvalue weighted by Gasteiger charge is -2.09. The summed E-state index contributed by atoms with van der Waals surface area (Å²) in [6.45, 7) is 3.90. The predicted molar refractivity (Wildman–Crippen MR) is 115 cm³/mol. The number of thioether (sulfide) groups is 1. The summed E-state index contributed by atoms with van der Waals surface area (Å²) in [5, 5.41) is 13.6. The molecule has 1 heterocycles. The van der Waals surface area contributed by atoms with Crippen LogP contribution in [0.5, 0.6) is 0 Å². The summed E-state index contributed by atoms with van der Waals surface area (Å²) in [5.74, 6) is -1.79. The van der Waals surface area contributed by atoms with Crippen molar-refractivity contribution in [2.45, 2.75) is 25.4 Å². The zero-order valence-electron chi connectivity index (χ0n) is 17.2. The number of carbonyl (C=O) groups is 2. The van der Waals surface area contributed by atoms with E-state index in [9.17, 15) is 18.4 Å². The zero-order chi connectivity index (χ0) is 22.5. The highest BCUT2D eigenvalue weighted by molar-refractivity contribution is 7.99. The number of halogens is 2. The summed E-state index contributed by atoms with van der Waals surface area (Å²) in [7, 11) is 1.69. The van der Waals surface area contributed by atoms with Crippen molar-refractivity contribution in [2.75, 3.05) is 16.4 Å². The first-order valence-electron chi connectivity index (χ1n) is 9.36. The van der Waals surface area contributed by atoms with Crippen molar-refractivity contribution in [3.63, 3.8) is 0 Å².